The number of ether oxygens (including phenoxy) is 1. The van der Waals surface area contributed by atoms with Gasteiger partial charge in [-0.1, -0.05) is 26.0 Å². The van der Waals surface area contributed by atoms with Crippen LogP contribution in [0.3, 0.4) is 0 Å². The third kappa shape index (κ3) is 3.47. The quantitative estimate of drug-likeness (QED) is 0.839. The molecule has 5 nitrogen and oxygen atoms in total. The average molecular weight is 341 g/mol. The van der Waals surface area contributed by atoms with Crippen LogP contribution < -0.4 is 4.90 Å². The van der Waals surface area contributed by atoms with Gasteiger partial charge in [-0.3, -0.25) is 9.78 Å². The van der Waals surface area contributed by atoms with E-state index in [1.54, 1.807) is 7.11 Å². The number of fused-ring (bicyclic) bond motifs is 1. The largest absolute Gasteiger partial charge is 0.375 e. The van der Waals surface area contributed by atoms with E-state index in [-0.39, 0.29) is 12.5 Å². The van der Waals surface area contributed by atoms with Crippen LogP contribution in [0.25, 0.3) is 10.9 Å². The topological polar surface area (TPSA) is 45.7 Å². The number of aromatic nitrogens is 1. The van der Waals surface area contributed by atoms with Crippen molar-refractivity contribution in [1.29, 1.82) is 0 Å². The van der Waals surface area contributed by atoms with Gasteiger partial charge >= 0.3 is 0 Å². The summed E-state index contributed by atoms with van der Waals surface area (Å²) in [6.07, 6.45) is 3.87. The van der Waals surface area contributed by atoms with Crippen LogP contribution in [0.5, 0.6) is 0 Å². The summed E-state index contributed by atoms with van der Waals surface area (Å²) in [6, 6.07) is 6.52. The monoisotopic (exact) mass is 341 g/mol. The van der Waals surface area contributed by atoms with Crippen molar-refractivity contribution in [3.05, 3.63) is 35.5 Å². The molecule has 0 radical (unpaired) electrons. The highest BCUT2D eigenvalue weighted by atomic mass is 16.5. The highest BCUT2D eigenvalue weighted by molar-refractivity contribution is 5.95. The van der Waals surface area contributed by atoms with Gasteiger partial charge in [-0.25, -0.2) is 0 Å². The maximum Gasteiger partial charge on any atom is 0.248 e. The second kappa shape index (κ2) is 7.83. The molecule has 25 heavy (non-hydrogen) atoms. The Hall–Kier alpha value is -2.14. The lowest BCUT2D eigenvalue weighted by Crippen LogP contribution is -2.50. The number of methoxy groups -OCH3 is 1. The van der Waals surface area contributed by atoms with E-state index < -0.39 is 0 Å². The van der Waals surface area contributed by atoms with Crippen molar-refractivity contribution in [2.24, 2.45) is 0 Å². The van der Waals surface area contributed by atoms with Crippen LogP contribution in [0.2, 0.25) is 0 Å². The number of hydrogen-bond acceptors (Lipinski definition) is 4. The van der Waals surface area contributed by atoms with Gasteiger partial charge in [0.2, 0.25) is 5.91 Å². The maximum atomic E-state index is 12.0. The summed E-state index contributed by atoms with van der Waals surface area (Å²) in [4.78, 5) is 21.0. The number of carbonyl (C=O) groups is 1. The zero-order valence-electron chi connectivity index (χ0n) is 15.4. The maximum absolute atomic E-state index is 12.0. The van der Waals surface area contributed by atoms with E-state index >= 15 is 0 Å². The van der Waals surface area contributed by atoms with E-state index in [1.807, 2.05) is 17.2 Å². The number of amides is 1. The van der Waals surface area contributed by atoms with Crippen molar-refractivity contribution in [2.75, 3.05) is 44.8 Å². The third-order valence-corrected chi connectivity index (χ3v) is 5.01. The Balaban J connectivity index is 1.93. The molecule has 2 heterocycles. The second-order valence-electron chi connectivity index (χ2n) is 6.45. The molecule has 1 aromatic heterocycles. The first kappa shape index (κ1) is 17.7. The molecule has 0 spiro atoms. The SMILES string of the molecule is CCc1cc(CC)c2cccnc2c1N1CCN(C(=O)COC)CC1. The zero-order valence-corrected chi connectivity index (χ0v) is 15.4. The van der Waals surface area contributed by atoms with Crippen molar-refractivity contribution in [1.82, 2.24) is 9.88 Å². The van der Waals surface area contributed by atoms with Gasteiger partial charge in [0.1, 0.15) is 6.61 Å². The molecule has 5 heteroatoms. The lowest BCUT2D eigenvalue weighted by molar-refractivity contribution is -0.135. The van der Waals surface area contributed by atoms with Crippen molar-refractivity contribution in [3.63, 3.8) is 0 Å². The standard InChI is InChI=1S/C20H27N3O2/c1-4-15-13-16(5-2)20(19-17(15)7-6-8-21-19)23-11-9-22(10-12-23)18(24)14-25-3/h6-8,13H,4-5,9-12,14H2,1-3H3. The lowest BCUT2D eigenvalue weighted by Gasteiger charge is -2.37. The molecule has 0 bridgehead atoms. The number of hydrogen-bond donors (Lipinski definition) is 0. The van der Waals surface area contributed by atoms with Crippen LogP contribution in [0.4, 0.5) is 5.69 Å². The summed E-state index contributed by atoms with van der Waals surface area (Å²) in [7, 11) is 1.56. The minimum atomic E-state index is 0.0715. The van der Waals surface area contributed by atoms with Gasteiger partial charge in [0.25, 0.3) is 0 Å². The third-order valence-electron chi connectivity index (χ3n) is 5.01. The van der Waals surface area contributed by atoms with Gasteiger partial charge in [-0.2, -0.15) is 0 Å². The van der Waals surface area contributed by atoms with E-state index in [1.165, 1.54) is 22.2 Å². The van der Waals surface area contributed by atoms with Crippen LogP contribution in [0.15, 0.2) is 24.4 Å². The molecule has 0 aliphatic carbocycles. The average Bonchev–Trinajstić information content (AvgIpc) is 2.67. The summed E-state index contributed by atoms with van der Waals surface area (Å²) < 4.78 is 4.97. The van der Waals surface area contributed by atoms with E-state index in [0.29, 0.717) is 0 Å². The minimum absolute atomic E-state index is 0.0715. The zero-order chi connectivity index (χ0) is 17.8. The Kier molecular flexibility index (Phi) is 5.53. The minimum Gasteiger partial charge on any atom is -0.375 e. The Labute approximate surface area is 149 Å². The van der Waals surface area contributed by atoms with Gasteiger partial charge in [0.05, 0.1) is 11.2 Å². The van der Waals surface area contributed by atoms with Gasteiger partial charge in [0, 0.05) is 44.9 Å². The predicted octanol–water partition coefficient (Wildman–Crippen LogP) is 2.65. The molecular weight excluding hydrogens is 314 g/mol. The molecule has 0 N–H and O–H groups in total. The van der Waals surface area contributed by atoms with E-state index in [2.05, 4.69) is 30.9 Å². The fourth-order valence-corrected chi connectivity index (χ4v) is 3.67. The van der Waals surface area contributed by atoms with Crippen molar-refractivity contribution in [2.45, 2.75) is 26.7 Å². The second-order valence-corrected chi connectivity index (χ2v) is 6.45. The van der Waals surface area contributed by atoms with Crippen LogP contribution in [-0.2, 0) is 22.4 Å². The Morgan fingerprint density at radius 2 is 1.88 bits per heavy atom. The van der Waals surface area contributed by atoms with E-state index in [9.17, 15) is 4.79 Å². The van der Waals surface area contributed by atoms with Crippen molar-refractivity contribution < 1.29 is 9.53 Å². The van der Waals surface area contributed by atoms with Crippen molar-refractivity contribution >= 4 is 22.5 Å². The van der Waals surface area contributed by atoms with Gasteiger partial charge in [-0.15, -0.1) is 0 Å². The first-order valence-electron chi connectivity index (χ1n) is 9.10. The summed E-state index contributed by atoms with van der Waals surface area (Å²) in [5, 5.41) is 1.25. The number of piperazine rings is 1. The lowest BCUT2D eigenvalue weighted by atomic mass is 9.97. The Bertz CT molecular complexity index is 752. The summed E-state index contributed by atoms with van der Waals surface area (Å²) in [6.45, 7) is 7.69. The number of aryl methyl sites for hydroxylation is 2. The molecule has 1 fully saturated rings. The Morgan fingerprint density at radius 3 is 2.52 bits per heavy atom. The molecular formula is C20H27N3O2. The van der Waals surface area contributed by atoms with Crippen molar-refractivity contribution in [3.8, 4) is 0 Å². The molecule has 0 unspecified atom stereocenters. The number of carbonyl (C=O) groups excluding carboxylic acids is 1. The first-order valence-corrected chi connectivity index (χ1v) is 9.10. The van der Waals surface area contributed by atoms with E-state index in [4.69, 9.17) is 9.72 Å². The normalized spacial score (nSPS) is 15.0. The summed E-state index contributed by atoms with van der Waals surface area (Å²) in [5.74, 6) is 0.0715. The highest BCUT2D eigenvalue weighted by Gasteiger charge is 2.24. The number of pyridine rings is 1. The molecule has 0 atom stereocenters. The molecule has 1 saturated heterocycles. The number of anilines is 1. The number of nitrogens with zero attached hydrogens (tertiary/aromatic N) is 3. The number of rotatable bonds is 5. The molecule has 1 aromatic carbocycles. The first-order chi connectivity index (χ1) is 12.2. The van der Waals surface area contributed by atoms with Crippen LogP contribution >= 0.6 is 0 Å². The summed E-state index contributed by atoms with van der Waals surface area (Å²) in [5.41, 5.74) is 5.04. The Morgan fingerprint density at radius 1 is 1.16 bits per heavy atom. The van der Waals surface area contributed by atoms with E-state index in [0.717, 1.165) is 44.5 Å². The fourth-order valence-electron chi connectivity index (χ4n) is 3.67. The van der Waals surface area contributed by atoms with Gasteiger partial charge in [0.15, 0.2) is 0 Å². The van der Waals surface area contributed by atoms with Gasteiger partial charge in [-0.05, 0) is 30.0 Å². The molecule has 1 amide bonds. The molecule has 0 saturated carbocycles. The fraction of sp³-hybridized carbons (Fsp3) is 0.500. The highest BCUT2D eigenvalue weighted by Crippen LogP contribution is 2.33. The van der Waals surface area contributed by atoms with Crippen LogP contribution in [0.1, 0.15) is 25.0 Å². The van der Waals surface area contributed by atoms with Crippen LogP contribution in [-0.4, -0.2) is 55.7 Å². The molecule has 1 aliphatic rings. The molecule has 1 aliphatic heterocycles. The summed E-state index contributed by atoms with van der Waals surface area (Å²) >= 11 is 0. The smallest absolute Gasteiger partial charge is 0.248 e. The predicted molar refractivity (Wildman–Crippen MR) is 101 cm³/mol. The molecule has 134 valence electrons. The molecule has 2 aromatic rings. The molecule has 3 rings (SSSR count). The van der Waals surface area contributed by atoms with Crippen LogP contribution in [0, 0.1) is 0 Å². The van der Waals surface area contributed by atoms with Gasteiger partial charge < -0.3 is 14.5 Å². The number of benzene rings is 1.